The molecule has 0 radical (unpaired) electrons. The molecule has 1 heteroatoms. The summed E-state index contributed by atoms with van der Waals surface area (Å²) in [6.07, 6.45) is 6.40. The molecule has 84 valence electrons. The van der Waals surface area contributed by atoms with Gasteiger partial charge in [-0.1, -0.05) is 45.4 Å². The molecule has 0 amide bonds. The molecule has 0 aromatic heterocycles. The van der Waals surface area contributed by atoms with Crippen molar-refractivity contribution in [1.82, 2.24) is 0 Å². The summed E-state index contributed by atoms with van der Waals surface area (Å²) < 4.78 is 0. The van der Waals surface area contributed by atoms with E-state index in [9.17, 15) is 0 Å². The van der Waals surface area contributed by atoms with Gasteiger partial charge < -0.3 is 5.73 Å². The van der Waals surface area contributed by atoms with E-state index >= 15 is 0 Å². The van der Waals surface area contributed by atoms with Crippen LogP contribution in [0.2, 0.25) is 0 Å². The lowest BCUT2D eigenvalue weighted by Crippen LogP contribution is -2.15. The van der Waals surface area contributed by atoms with Crippen LogP contribution in [0.4, 0.5) is 0 Å². The number of hydrogen-bond acceptors (Lipinski definition) is 1. The summed E-state index contributed by atoms with van der Waals surface area (Å²) in [4.78, 5) is 0. The summed E-state index contributed by atoms with van der Waals surface area (Å²) in [6.45, 7) is 12.2. The fourth-order valence-corrected chi connectivity index (χ4v) is 1.46. The maximum Gasteiger partial charge on any atom is 0.0117 e. The first kappa shape index (κ1) is 15.9. The van der Waals surface area contributed by atoms with Crippen LogP contribution in [0.15, 0.2) is 23.3 Å². The largest absolute Gasteiger partial charge is 0.327 e. The SMILES string of the molecule is C/C=C\C1=C(C)CC(N)C1.CC.CC. The average molecular weight is 197 g/mol. The van der Waals surface area contributed by atoms with Gasteiger partial charge in [-0.05, 0) is 32.3 Å². The van der Waals surface area contributed by atoms with E-state index in [0.29, 0.717) is 6.04 Å². The second-order valence-corrected chi connectivity index (χ2v) is 2.97. The Morgan fingerprint density at radius 2 is 1.64 bits per heavy atom. The number of nitrogens with two attached hydrogens (primary N) is 1. The summed E-state index contributed by atoms with van der Waals surface area (Å²) >= 11 is 0. The van der Waals surface area contributed by atoms with Gasteiger partial charge in [-0.3, -0.25) is 0 Å². The topological polar surface area (TPSA) is 26.0 Å². The third-order valence-electron chi connectivity index (χ3n) is 1.97. The van der Waals surface area contributed by atoms with Crippen molar-refractivity contribution >= 4 is 0 Å². The molecule has 1 unspecified atom stereocenters. The third-order valence-corrected chi connectivity index (χ3v) is 1.97. The zero-order chi connectivity index (χ0) is 11.6. The lowest BCUT2D eigenvalue weighted by molar-refractivity contribution is 0.715. The van der Waals surface area contributed by atoms with Crippen molar-refractivity contribution in [3.63, 3.8) is 0 Å². The lowest BCUT2D eigenvalue weighted by Gasteiger charge is -1.97. The average Bonchev–Trinajstić information content (AvgIpc) is 2.53. The molecular formula is C13H27N. The normalized spacial score (nSPS) is 20.1. The highest BCUT2D eigenvalue weighted by atomic mass is 14.6. The van der Waals surface area contributed by atoms with Gasteiger partial charge in [-0.2, -0.15) is 0 Å². The molecule has 1 nitrogen and oxygen atoms in total. The van der Waals surface area contributed by atoms with Gasteiger partial charge in [-0.15, -0.1) is 0 Å². The second kappa shape index (κ2) is 10.5. The number of rotatable bonds is 1. The van der Waals surface area contributed by atoms with Crippen molar-refractivity contribution in [1.29, 1.82) is 0 Å². The summed E-state index contributed by atoms with van der Waals surface area (Å²) in [5.41, 5.74) is 8.67. The molecule has 2 N–H and O–H groups in total. The fraction of sp³-hybridized carbons (Fsp3) is 0.692. The molecule has 14 heavy (non-hydrogen) atoms. The summed E-state index contributed by atoms with van der Waals surface area (Å²) in [6, 6.07) is 0.381. The highest BCUT2D eigenvalue weighted by Crippen LogP contribution is 2.25. The molecule has 0 aromatic rings. The van der Waals surface area contributed by atoms with Crippen molar-refractivity contribution in [3.05, 3.63) is 23.3 Å². The van der Waals surface area contributed by atoms with Crippen molar-refractivity contribution in [2.75, 3.05) is 0 Å². The molecule has 0 bridgehead atoms. The molecule has 1 atom stereocenters. The Morgan fingerprint density at radius 1 is 1.14 bits per heavy atom. The van der Waals surface area contributed by atoms with Crippen LogP contribution in [-0.4, -0.2) is 6.04 Å². The second-order valence-electron chi connectivity index (χ2n) is 2.97. The van der Waals surface area contributed by atoms with Crippen LogP contribution in [0.5, 0.6) is 0 Å². The Morgan fingerprint density at radius 3 is 1.93 bits per heavy atom. The predicted octanol–water partition coefficient (Wildman–Crippen LogP) is 4.05. The number of hydrogen-bond donors (Lipinski definition) is 1. The zero-order valence-electron chi connectivity index (χ0n) is 10.7. The van der Waals surface area contributed by atoms with E-state index in [1.165, 1.54) is 11.1 Å². The molecular weight excluding hydrogens is 170 g/mol. The summed E-state index contributed by atoms with van der Waals surface area (Å²) in [5.74, 6) is 0. The molecule has 0 fully saturated rings. The first-order valence-corrected chi connectivity index (χ1v) is 5.81. The van der Waals surface area contributed by atoms with E-state index in [1.807, 2.05) is 34.6 Å². The number of allylic oxidation sites excluding steroid dienone is 2. The first-order chi connectivity index (χ1) is 6.74. The van der Waals surface area contributed by atoms with Crippen LogP contribution in [-0.2, 0) is 0 Å². The smallest absolute Gasteiger partial charge is 0.0117 e. The molecule has 0 spiro atoms. The first-order valence-electron chi connectivity index (χ1n) is 5.81. The maximum atomic E-state index is 5.77. The molecule has 0 aromatic carbocycles. The van der Waals surface area contributed by atoms with Gasteiger partial charge in [0.1, 0.15) is 0 Å². The van der Waals surface area contributed by atoms with Crippen LogP contribution in [0, 0.1) is 0 Å². The highest BCUT2D eigenvalue weighted by Gasteiger charge is 2.15. The van der Waals surface area contributed by atoms with Crippen LogP contribution in [0.1, 0.15) is 54.4 Å². The molecule has 1 aliphatic carbocycles. The van der Waals surface area contributed by atoms with Crippen LogP contribution in [0.25, 0.3) is 0 Å². The van der Waals surface area contributed by atoms with E-state index in [4.69, 9.17) is 5.73 Å². The van der Waals surface area contributed by atoms with Gasteiger partial charge in [0.2, 0.25) is 0 Å². The quantitative estimate of drug-likeness (QED) is 0.674. The molecule has 1 aliphatic rings. The molecule has 0 heterocycles. The maximum absolute atomic E-state index is 5.77. The van der Waals surface area contributed by atoms with Crippen LogP contribution >= 0.6 is 0 Å². The van der Waals surface area contributed by atoms with Crippen molar-refractivity contribution < 1.29 is 0 Å². The standard InChI is InChI=1S/C9H15N.2C2H6/c1-3-4-8-6-9(10)5-7(8)2;2*1-2/h3-4,9H,5-6,10H2,1-2H3;2*1-2H3/b4-3-;;. The predicted molar refractivity (Wildman–Crippen MR) is 67.4 cm³/mol. The highest BCUT2D eigenvalue weighted by molar-refractivity contribution is 5.30. The van der Waals surface area contributed by atoms with Gasteiger partial charge in [0.05, 0.1) is 0 Å². The van der Waals surface area contributed by atoms with Crippen molar-refractivity contribution in [2.45, 2.75) is 60.4 Å². The molecule has 0 saturated carbocycles. The van der Waals surface area contributed by atoms with E-state index < -0.39 is 0 Å². The van der Waals surface area contributed by atoms with E-state index in [1.54, 1.807) is 0 Å². The fourth-order valence-electron chi connectivity index (χ4n) is 1.46. The minimum absolute atomic E-state index is 0.381. The molecule has 0 saturated heterocycles. The molecule has 1 rings (SSSR count). The van der Waals surface area contributed by atoms with Crippen molar-refractivity contribution in [2.24, 2.45) is 5.73 Å². The Kier molecular flexibility index (Phi) is 11.9. The van der Waals surface area contributed by atoms with E-state index in [2.05, 4.69) is 19.1 Å². The minimum atomic E-state index is 0.381. The van der Waals surface area contributed by atoms with Gasteiger partial charge >= 0.3 is 0 Å². The van der Waals surface area contributed by atoms with Gasteiger partial charge in [0.25, 0.3) is 0 Å². The van der Waals surface area contributed by atoms with Crippen LogP contribution in [0.3, 0.4) is 0 Å². The summed E-state index contributed by atoms with van der Waals surface area (Å²) in [5, 5.41) is 0. The lowest BCUT2D eigenvalue weighted by atomic mass is 10.1. The minimum Gasteiger partial charge on any atom is -0.327 e. The zero-order valence-corrected chi connectivity index (χ0v) is 10.7. The van der Waals surface area contributed by atoms with Crippen molar-refractivity contribution in [3.8, 4) is 0 Å². The third kappa shape index (κ3) is 5.98. The van der Waals surface area contributed by atoms with Crippen LogP contribution < -0.4 is 5.73 Å². The Balaban J connectivity index is 0. The van der Waals surface area contributed by atoms with E-state index in [0.717, 1.165) is 12.8 Å². The monoisotopic (exact) mass is 197 g/mol. The Hall–Kier alpha value is -0.560. The van der Waals surface area contributed by atoms with Gasteiger partial charge in [0.15, 0.2) is 0 Å². The van der Waals surface area contributed by atoms with E-state index in [-0.39, 0.29) is 0 Å². The summed E-state index contributed by atoms with van der Waals surface area (Å²) in [7, 11) is 0. The molecule has 0 aliphatic heterocycles. The Labute approximate surface area is 90.1 Å². The van der Waals surface area contributed by atoms with Gasteiger partial charge in [0, 0.05) is 6.04 Å². The van der Waals surface area contributed by atoms with Gasteiger partial charge in [-0.25, -0.2) is 0 Å². The Bertz CT molecular complexity index is 178.